The Balaban J connectivity index is 1.51. The minimum absolute atomic E-state index is 0.238. The van der Waals surface area contributed by atoms with E-state index in [4.69, 9.17) is 18.9 Å². The predicted octanol–water partition coefficient (Wildman–Crippen LogP) is 2.82. The van der Waals surface area contributed by atoms with Crippen LogP contribution in [0.5, 0.6) is 11.5 Å². The molecule has 1 N–H and O–H groups in total. The van der Waals surface area contributed by atoms with Gasteiger partial charge in [0.1, 0.15) is 0 Å². The van der Waals surface area contributed by atoms with Gasteiger partial charge >= 0.3 is 5.97 Å². The molecule has 4 rings (SSSR count). The number of morpholine rings is 1. The van der Waals surface area contributed by atoms with Crippen molar-refractivity contribution >= 4 is 5.97 Å². The van der Waals surface area contributed by atoms with Crippen molar-refractivity contribution in [3.8, 4) is 11.5 Å². The minimum atomic E-state index is -0.487. The zero-order valence-electron chi connectivity index (χ0n) is 19.9. The number of nitrogens with zero attached hydrogens (tertiary/aromatic N) is 1. The average Bonchev–Trinajstić information content (AvgIpc) is 2.81. The van der Waals surface area contributed by atoms with E-state index >= 15 is 0 Å². The molecular formula is C25H38N2O5. The van der Waals surface area contributed by atoms with Crippen molar-refractivity contribution < 1.29 is 23.7 Å². The highest BCUT2D eigenvalue weighted by molar-refractivity contribution is 5.75. The molecule has 3 heterocycles. The number of hydrogen-bond acceptors (Lipinski definition) is 7. The number of esters is 1. The van der Waals surface area contributed by atoms with Crippen molar-refractivity contribution in [1.29, 1.82) is 0 Å². The Morgan fingerprint density at radius 3 is 2.69 bits per heavy atom. The molecule has 0 amide bonds. The Bertz CT molecular complexity index is 793. The number of rotatable bonds is 7. The van der Waals surface area contributed by atoms with Crippen molar-refractivity contribution in [3.05, 3.63) is 23.3 Å². The van der Waals surface area contributed by atoms with Crippen LogP contribution < -0.4 is 14.8 Å². The van der Waals surface area contributed by atoms with Crippen LogP contribution in [0, 0.1) is 17.8 Å². The first-order chi connectivity index (χ1) is 15.5. The van der Waals surface area contributed by atoms with Gasteiger partial charge in [0.05, 0.1) is 27.4 Å². The highest BCUT2D eigenvalue weighted by Gasteiger charge is 2.40. The van der Waals surface area contributed by atoms with Gasteiger partial charge in [-0.25, -0.2) is 4.79 Å². The largest absolute Gasteiger partial charge is 0.493 e. The standard InChI is InChI=1S/C25H38N2O5/c1-16(2)9-18-14-27-7-5-17-11-22(29-3)23(30-4)12-20(17)21(27)10-19(18)15-32-25(28)24-13-26-6-8-31-24/h11-12,16,18-19,21,24,26H,5-10,13-15H2,1-4H3. The van der Waals surface area contributed by atoms with E-state index in [1.54, 1.807) is 14.2 Å². The van der Waals surface area contributed by atoms with E-state index in [0.717, 1.165) is 50.4 Å². The molecule has 2 saturated heterocycles. The molecule has 1 aromatic carbocycles. The Morgan fingerprint density at radius 2 is 2.00 bits per heavy atom. The van der Waals surface area contributed by atoms with Crippen LogP contribution in [-0.4, -0.2) is 70.6 Å². The quantitative estimate of drug-likeness (QED) is 0.646. The van der Waals surface area contributed by atoms with Gasteiger partial charge in [-0.05, 0) is 60.3 Å². The number of hydrogen-bond donors (Lipinski definition) is 1. The predicted molar refractivity (Wildman–Crippen MR) is 122 cm³/mol. The summed E-state index contributed by atoms with van der Waals surface area (Å²) in [5, 5.41) is 3.20. The van der Waals surface area contributed by atoms with Crippen molar-refractivity contribution in [2.75, 3.05) is 53.6 Å². The zero-order valence-corrected chi connectivity index (χ0v) is 19.9. The molecule has 2 fully saturated rings. The van der Waals surface area contributed by atoms with E-state index in [-0.39, 0.29) is 5.97 Å². The van der Waals surface area contributed by atoms with Crippen LogP contribution in [0.3, 0.4) is 0 Å². The molecule has 178 valence electrons. The minimum Gasteiger partial charge on any atom is -0.493 e. The fourth-order valence-corrected chi connectivity index (χ4v) is 5.58. The zero-order chi connectivity index (χ0) is 22.7. The summed E-state index contributed by atoms with van der Waals surface area (Å²) in [4.78, 5) is 15.2. The second-order valence-electron chi connectivity index (χ2n) is 9.75. The van der Waals surface area contributed by atoms with Crippen molar-refractivity contribution in [3.63, 3.8) is 0 Å². The lowest BCUT2D eigenvalue weighted by molar-refractivity contribution is -0.161. The maximum atomic E-state index is 12.6. The SMILES string of the molecule is COc1cc2c(cc1OC)C1CC(COC(=O)C3CNCCO3)C(CC(C)C)CN1CC2. The van der Waals surface area contributed by atoms with Gasteiger partial charge in [0, 0.05) is 32.2 Å². The van der Waals surface area contributed by atoms with E-state index in [0.29, 0.717) is 43.6 Å². The number of methoxy groups -OCH3 is 2. The number of ether oxygens (including phenoxy) is 4. The van der Waals surface area contributed by atoms with Gasteiger partial charge in [0.2, 0.25) is 0 Å². The van der Waals surface area contributed by atoms with Gasteiger partial charge < -0.3 is 24.3 Å². The molecule has 0 bridgehead atoms. The first-order valence-electron chi connectivity index (χ1n) is 12.0. The van der Waals surface area contributed by atoms with Crippen LogP contribution in [-0.2, 0) is 20.7 Å². The van der Waals surface area contributed by atoms with Gasteiger partial charge in [-0.3, -0.25) is 4.90 Å². The van der Waals surface area contributed by atoms with Crippen molar-refractivity contribution in [2.45, 2.75) is 45.3 Å². The lowest BCUT2D eigenvalue weighted by Gasteiger charge is -2.47. The summed E-state index contributed by atoms with van der Waals surface area (Å²) in [5.74, 6) is 2.80. The fraction of sp³-hybridized carbons (Fsp3) is 0.720. The Labute approximate surface area is 191 Å². The summed E-state index contributed by atoms with van der Waals surface area (Å²) >= 11 is 0. The number of piperidine rings is 1. The number of fused-ring (bicyclic) bond motifs is 3. The second kappa shape index (κ2) is 10.4. The van der Waals surface area contributed by atoms with Gasteiger partial charge in [0.25, 0.3) is 0 Å². The third kappa shape index (κ3) is 5.05. The molecule has 0 radical (unpaired) electrons. The van der Waals surface area contributed by atoms with E-state index in [1.165, 1.54) is 11.1 Å². The highest BCUT2D eigenvalue weighted by Crippen LogP contribution is 2.45. The molecule has 0 saturated carbocycles. The van der Waals surface area contributed by atoms with Crippen LogP contribution in [0.2, 0.25) is 0 Å². The lowest BCUT2D eigenvalue weighted by Crippen LogP contribution is -2.48. The molecule has 32 heavy (non-hydrogen) atoms. The van der Waals surface area contributed by atoms with E-state index < -0.39 is 6.10 Å². The second-order valence-corrected chi connectivity index (χ2v) is 9.75. The molecule has 7 nitrogen and oxygen atoms in total. The van der Waals surface area contributed by atoms with E-state index in [9.17, 15) is 4.79 Å². The normalized spacial score (nSPS) is 28.0. The first kappa shape index (κ1) is 23.3. The third-order valence-electron chi connectivity index (χ3n) is 7.18. The smallest absolute Gasteiger partial charge is 0.336 e. The van der Waals surface area contributed by atoms with Crippen LogP contribution in [0.15, 0.2) is 12.1 Å². The monoisotopic (exact) mass is 446 g/mol. The Morgan fingerprint density at radius 1 is 1.22 bits per heavy atom. The maximum Gasteiger partial charge on any atom is 0.336 e. The van der Waals surface area contributed by atoms with Crippen LogP contribution in [0.25, 0.3) is 0 Å². The van der Waals surface area contributed by atoms with E-state index in [1.807, 2.05) is 0 Å². The molecule has 3 aliphatic rings. The fourth-order valence-electron chi connectivity index (χ4n) is 5.58. The Hall–Kier alpha value is -1.83. The summed E-state index contributed by atoms with van der Waals surface area (Å²) in [6, 6.07) is 4.60. The van der Waals surface area contributed by atoms with Crippen molar-refractivity contribution in [1.82, 2.24) is 10.2 Å². The summed E-state index contributed by atoms with van der Waals surface area (Å²) in [7, 11) is 3.38. The van der Waals surface area contributed by atoms with Crippen LogP contribution >= 0.6 is 0 Å². The molecule has 0 aromatic heterocycles. The summed E-state index contributed by atoms with van der Waals surface area (Å²) in [6.07, 6.45) is 2.66. The van der Waals surface area contributed by atoms with Crippen LogP contribution in [0.1, 0.15) is 43.9 Å². The molecular weight excluding hydrogens is 408 g/mol. The highest BCUT2D eigenvalue weighted by atomic mass is 16.6. The topological polar surface area (TPSA) is 69.3 Å². The van der Waals surface area contributed by atoms with Crippen LogP contribution in [0.4, 0.5) is 0 Å². The maximum absolute atomic E-state index is 12.6. The molecule has 0 spiro atoms. The number of benzene rings is 1. The third-order valence-corrected chi connectivity index (χ3v) is 7.18. The molecule has 4 atom stereocenters. The van der Waals surface area contributed by atoms with Gasteiger partial charge in [-0.2, -0.15) is 0 Å². The molecule has 7 heteroatoms. The summed E-state index contributed by atoms with van der Waals surface area (Å²) in [5.41, 5.74) is 2.66. The van der Waals surface area contributed by atoms with Gasteiger partial charge in [0.15, 0.2) is 17.6 Å². The molecule has 1 aromatic rings. The summed E-state index contributed by atoms with van der Waals surface area (Å²) < 4.78 is 22.5. The molecule has 3 aliphatic heterocycles. The first-order valence-corrected chi connectivity index (χ1v) is 12.0. The summed E-state index contributed by atoms with van der Waals surface area (Å²) in [6.45, 7) is 8.98. The average molecular weight is 447 g/mol. The number of carbonyl (C=O) groups is 1. The number of nitrogens with one attached hydrogen (secondary N) is 1. The molecule has 0 aliphatic carbocycles. The van der Waals surface area contributed by atoms with Gasteiger partial charge in [-0.15, -0.1) is 0 Å². The molecule has 4 unspecified atom stereocenters. The lowest BCUT2D eigenvalue weighted by atomic mass is 9.74. The van der Waals surface area contributed by atoms with Crippen molar-refractivity contribution in [2.24, 2.45) is 17.8 Å². The van der Waals surface area contributed by atoms with Gasteiger partial charge in [-0.1, -0.05) is 13.8 Å². The Kier molecular flexibility index (Phi) is 7.59. The van der Waals surface area contributed by atoms with E-state index in [2.05, 4.69) is 36.2 Å². The number of carbonyl (C=O) groups excluding carboxylic acids is 1.